The molecule has 20 heavy (non-hydrogen) atoms. The third-order valence-corrected chi connectivity index (χ3v) is 2.37. The molecule has 110 valence electrons. The lowest BCUT2D eigenvalue weighted by atomic mass is 10.1. The second-order valence-corrected chi connectivity index (χ2v) is 3.77. The molecule has 1 aromatic carbocycles. The lowest BCUT2D eigenvalue weighted by Gasteiger charge is -2.14. The molecule has 0 N–H and O–H groups in total. The first-order valence-corrected chi connectivity index (χ1v) is 5.81. The van der Waals surface area contributed by atoms with Gasteiger partial charge in [0, 0.05) is 11.4 Å². The molecule has 0 radical (unpaired) electrons. The average molecular weight is 286 g/mol. The summed E-state index contributed by atoms with van der Waals surface area (Å²) in [5.74, 6) is -1.54. The van der Waals surface area contributed by atoms with E-state index in [-0.39, 0.29) is 6.61 Å². The van der Waals surface area contributed by atoms with E-state index in [0.717, 1.165) is 12.5 Å². The van der Waals surface area contributed by atoms with E-state index in [0.29, 0.717) is 12.2 Å². The molecule has 0 aromatic heterocycles. The standard InChI is InChI=1S/C13H15FO6/c1-9(15)19-13(12(16)20-14)18-8-7-10-5-3-4-6-11(10)17-2/h3-6,13H,7-8H2,1-2H3. The van der Waals surface area contributed by atoms with E-state index in [1.54, 1.807) is 6.07 Å². The van der Waals surface area contributed by atoms with Gasteiger partial charge in [-0.1, -0.05) is 18.2 Å². The average Bonchev–Trinajstić information content (AvgIpc) is 2.45. The van der Waals surface area contributed by atoms with Gasteiger partial charge in [0.25, 0.3) is 0 Å². The molecular weight excluding hydrogens is 271 g/mol. The van der Waals surface area contributed by atoms with E-state index >= 15 is 0 Å². The van der Waals surface area contributed by atoms with Gasteiger partial charge in [-0.05, 0) is 18.1 Å². The first-order chi connectivity index (χ1) is 9.58. The summed E-state index contributed by atoms with van der Waals surface area (Å²) in [5, 5.41) is 0. The molecule has 0 bridgehead atoms. The highest BCUT2D eigenvalue weighted by atomic mass is 19.3. The monoisotopic (exact) mass is 286 g/mol. The Hall–Kier alpha value is -2.15. The van der Waals surface area contributed by atoms with E-state index in [4.69, 9.17) is 9.47 Å². The Kier molecular flexibility index (Phi) is 6.45. The molecular formula is C13H15FO6. The van der Waals surface area contributed by atoms with Crippen LogP contribution in [0.5, 0.6) is 5.75 Å². The highest BCUT2D eigenvalue weighted by Gasteiger charge is 2.25. The third kappa shape index (κ3) is 4.85. The van der Waals surface area contributed by atoms with Crippen LogP contribution < -0.4 is 4.74 Å². The Morgan fingerprint density at radius 1 is 1.30 bits per heavy atom. The van der Waals surface area contributed by atoms with Crippen LogP contribution in [-0.4, -0.2) is 31.9 Å². The molecule has 0 aliphatic rings. The number of carbonyl (C=O) groups is 2. The maximum absolute atomic E-state index is 11.8. The lowest BCUT2D eigenvalue weighted by Crippen LogP contribution is -2.30. The summed E-state index contributed by atoms with van der Waals surface area (Å²) in [5.41, 5.74) is 0.838. The summed E-state index contributed by atoms with van der Waals surface area (Å²) in [4.78, 5) is 24.7. The predicted octanol–water partition coefficient (Wildman–Crippen LogP) is 1.57. The van der Waals surface area contributed by atoms with Gasteiger partial charge in [0.1, 0.15) is 5.75 Å². The topological polar surface area (TPSA) is 71.1 Å². The highest BCUT2D eigenvalue weighted by Crippen LogP contribution is 2.18. The number of esters is 1. The fourth-order valence-corrected chi connectivity index (χ4v) is 1.52. The minimum absolute atomic E-state index is 0.0212. The van der Waals surface area contributed by atoms with Crippen molar-refractivity contribution in [1.29, 1.82) is 0 Å². The van der Waals surface area contributed by atoms with Crippen molar-refractivity contribution >= 4 is 11.9 Å². The van der Waals surface area contributed by atoms with Crippen LogP contribution in [0.1, 0.15) is 12.5 Å². The first kappa shape index (κ1) is 15.9. The van der Waals surface area contributed by atoms with Gasteiger partial charge in [-0.2, -0.15) is 0 Å². The quantitative estimate of drug-likeness (QED) is 0.559. The Morgan fingerprint density at radius 3 is 2.60 bits per heavy atom. The molecule has 1 rings (SSSR count). The molecule has 0 saturated carbocycles. The number of rotatable bonds is 7. The minimum Gasteiger partial charge on any atom is -0.496 e. The van der Waals surface area contributed by atoms with E-state index in [1.165, 1.54) is 7.11 Å². The maximum Gasteiger partial charge on any atom is 0.416 e. The number of benzene rings is 1. The normalized spacial score (nSPS) is 11.6. The van der Waals surface area contributed by atoms with Crippen molar-refractivity contribution in [3.63, 3.8) is 0 Å². The molecule has 7 heteroatoms. The number of ether oxygens (including phenoxy) is 3. The Morgan fingerprint density at radius 2 is 2.00 bits per heavy atom. The Balaban J connectivity index is 2.55. The van der Waals surface area contributed by atoms with Gasteiger partial charge in [-0.15, -0.1) is 0 Å². The van der Waals surface area contributed by atoms with Gasteiger partial charge >= 0.3 is 18.2 Å². The second kappa shape index (κ2) is 8.11. The van der Waals surface area contributed by atoms with Crippen LogP contribution in [0, 0.1) is 0 Å². The number of hydrogen-bond acceptors (Lipinski definition) is 6. The molecule has 0 aliphatic carbocycles. The summed E-state index contributed by atoms with van der Waals surface area (Å²) in [6.45, 7) is 1.09. The third-order valence-electron chi connectivity index (χ3n) is 2.37. The first-order valence-electron chi connectivity index (χ1n) is 5.81. The highest BCUT2D eigenvalue weighted by molar-refractivity contribution is 5.76. The summed E-state index contributed by atoms with van der Waals surface area (Å²) in [6.07, 6.45) is -1.33. The fourth-order valence-electron chi connectivity index (χ4n) is 1.52. The molecule has 1 atom stereocenters. The zero-order valence-corrected chi connectivity index (χ0v) is 11.1. The van der Waals surface area contributed by atoms with E-state index in [1.807, 2.05) is 18.2 Å². The van der Waals surface area contributed by atoms with Gasteiger partial charge in [-0.3, -0.25) is 4.79 Å². The van der Waals surface area contributed by atoms with Crippen molar-refractivity contribution in [2.24, 2.45) is 0 Å². The van der Waals surface area contributed by atoms with Crippen molar-refractivity contribution in [1.82, 2.24) is 0 Å². The van der Waals surface area contributed by atoms with Crippen LogP contribution in [0.3, 0.4) is 0 Å². The van der Waals surface area contributed by atoms with Gasteiger partial charge < -0.3 is 14.2 Å². The lowest BCUT2D eigenvalue weighted by molar-refractivity contribution is -0.226. The van der Waals surface area contributed by atoms with Crippen molar-refractivity contribution in [2.45, 2.75) is 19.6 Å². The van der Waals surface area contributed by atoms with Crippen molar-refractivity contribution in [2.75, 3.05) is 13.7 Å². The van der Waals surface area contributed by atoms with Gasteiger partial charge in [0.2, 0.25) is 0 Å². The van der Waals surface area contributed by atoms with Crippen molar-refractivity contribution in [3.8, 4) is 5.75 Å². The van der Waals surface area contributed by atoms with Crippen LogP contribution in [0.25, 0.3) is 0 Å². The Labute approximate surface area is 115 Å². The van der Waals surface area contributed by atoms with Crippen LogP contribution >= 0.6 is 0 Å². The maximum atomic E-state index is 11.8. The zero-order valence-electron chi connectivity index (χ0n) is 11.1. The van der Waals surface area contributed by atoms with Crippen LogP contribution in [0.4, 0.5) is 4.53 Å². The number of hydrogen-bond donors (Lipinski definition) is 0. The summed E-state index contributed by atoms with van der Waals surface area (Å²) in [7, 11) is 1.53. The molecule has 0 saturated heterocycles. The molecule has 6 nitrogen and oxygen atoms in total. The van der Waals surface area contributed by atoms with Gasteiger partial charge in [-0.25, -0.2) is 9.74 Å². The van der Waals surface area contributed by atoms with Crippen LogP contribution in [-0.2, 0) is 30.4 Å². The fraction of sp³-hybridized carbons (Fsp3) is 0.385. The van der Waals surface area contributed by atoms with Crippen molar-refractivity contribution < 1.29 is 33.3 Å². The number of halogens is 1. The van der Waals surface area contributed by atoms with E-state index < -0.39 is 18.2 Å². The molecule has 0 amide bonds. The molecule has 1 unspecified atom stereocenters. The molecule has 1 aromatic rings. The molecule has 0 fully saturated rings. The number of methoxy groups -OCH3 is 1. The van der Waals surface area contributed by atoms with Crippen LogP contribution in [0.2, 0.25) is 0 Å². The van der Waals surface area contributed by atoms with Gasteiger partial charge in [0.15, 0.2) is 0 Å². The van der Waals surface area contributed by atoms with E-state index in [2.05, 4.69) is 9.68 Å². The second-order valence-electron chi connectivity index (χ2n) is 3.77. The molecule has 0 spiro atoms. The molecule has 0 heterocycles. The summed E-state index contributed by atoms with van der Waals surface area (Å²) in [6, 6.07) is 7.22. The predicted molar refractivity (Wildman–Crippen MR) is 65.4 cm³/mol. The molecule has 0 aliphatic heterocycles. The van der Waals surface area contributed by atoms with E-state index in [9.17, 15) is 14.1 Å². The van der Waals surface area contributed by atoms with Crippen LogP contribution in [0.15, 0.2) is 24.3 Å². The number of para-hydroxylation sites is 1. The summed E-state index contributed by atoms with van der Waals surface area (Å²) < 4.78 is 26.4. The SMILES string of the molecule is COc1ccccc1CCOC(OC(C)=O)C(=O)OF. The van der Waals surface area contributed by atoms with Crippen molar-refractivity contribution in [3.05, 3.63) is 29.8 Å². The smallest absolute Gasteiger partial charge is 0.416 e. The number of carbonyl (C=O) groups excluding carboxylic acids is 2. The minimum atomic E-state index is -1.72. The van der Waals surface area contributed by atoms with Gasteiger partial charge in [0.05, 0.1) is 13.7 Å². The Bertz CT molecular complexity index is 462. The summed E-state index contributed by atoms with van der Waals surface area (Å²) >= 11 is 0. The zero-order chi connectivity index (χ0) is 15.0. The largest absolute Gasteiger partial charge is 0.496 e.